The first kappa shape index (κ1) is 18.0. The molecule has 0 saturated carbocycles. The van der Waals surface area contributed by atoms with Crippen molar-refractivity contribution in [2.75, 3.05) is 21.0 Å². The fourth-order valence-electron chi connectivity index (χ4n) is 2.02. The van der Waals surface area contributed by atoms with Gasteiger partial charge in [0.2, 0.25) is 0 Å². The molecule has 0 fully saturated rings. The first-order valence-electron chi connectivity index (χ1n) is 7.06. The van der Waals surface area contributed by atoms with E-state index in [1.165, 1.54) is 0 Å². The summed E-state index contributed by atoms with van der Waals surface area (Å²) in [6, 6.07) is 10.3. The van der Waals surface area contributed by atoms with Crippen molar-refractivity contribution in [1.82, 2.24) is 0 Å². The van der Waals surface area contributed by atoms with E-state index in [1.807, 2.05) is 24.3 Å². The number of hydrogen-bond donors (Lipinski definition) is 1. The Hall–Kier alpha value is -2.31. The largest absolute Gasteiger partial charge is 0.493 e. The summed E-state index contributed by atoms with van der Waals surface area (Å²) in [4.78, 5) is 10.9. The van der Waals surface area contributed by atoms with Gasteiger partial charge in [-0.05, 0) is 51.3 Å². The highest BCUT2D eigenvalue weighted by atomic mass is 79.9. The molecule has 2 aromatic carbocycles. The summed E-state index contributed by atoms with van der Waals surface area (Å²) in [5.41, 5.74) is 2.04. The van der Waals surface area contributed by atoms with E-state index in [1.54, 1.807) is 38.5 Å². The second-order valence-electron chi connectivity index (χ2n) is 4.81. The fourth-order valence-corrected chi connectivity index (χ4v) is 2.59. The first-order chi connectivity index (χ1) is 11.6. The molecule has 0 aromatic heterocycles. The Bertz CT molecular complexity index is 738. The normalized spacial score (nSPS) is 10.8. The average Bonchev–Trinajstić information content (AvgIpc) is 2.59. The first-order valence-corrected chi connectivity index (χ1v) is 7.85. The predicted octanol–water partition coefficient (Wildman–Crippen LogP) is 4.31. The van der Waals surface area contributed by atoms with Crippen LogP contribution in [0.5, 0.6) is 11.5 Å². The van der Waals surface area contributed by atoms with Crippen molar-refractivity contribution in [3.05, 3.63) is 57.6 Å². The molecule has 1 N–H and O–H groups in total. The minimum Gasteiger partial charge on any atom is -0.493 e. The summed E-state index contributed by atoms with van der Waals surface area (Å²) >= 11 is 3.52. The highest BCUT2D eigenvalue weighted by molar-refractivity contribution is 9.10. The van der Waals surface area contributed by atoms with E-state index in [-0.39, 0.29) is 12.4 Å². The lowest BCUT2D eigenvalue weighted by molar-refractivity contribution is 0.0486. The van der Waals surface area contributed by atoms with Gasteiger partial charge in [0.15, 0.2) is 18.3 Å². The van der Waals surface area contributed by atoms with Crippen molar-refractivity contribution in [2.24, 2.45) is 0 Å². The smallest absolute Gasteiger partial charge is 0.335 e. The third-order valence-electron chi connectivity index (χ3n) is 3.24. The zero-order valence-electron chi connectivity index (χ0n) is 13.3. The van der Waals surface area contributed by atoms with Gasteiger partial charge in [0.25, 0.3) is 0 Å². The third-order valence-corrected chi connectivity index (χ3v) is 4.06. The zero-order valence-corrected chi connectivity index (χ0v) is 14.9. The molecular formula is C18H17BrO5. The molecule has 126 valence electrons. The summed E-state index contributed by atoms with van der Waals surface area (Å²) in [6.07, 6.45) is 3.79. The molecular weight excluding hydrogens is 376 g/mol. The van der Waals surface area contributed by atoms with Crippen molar-refractivity contribution in [3.8, 4) is 11.5 Å². The van der Waals surface area contributed by atoms with Gasteiger partial charge in [0.1, 0.15) is 0 Å². The van der Waals surface area contributed by atoms with Gasteiger partial charge in [0, 0.05) is 7.11 Å². The van der Waals surface area contributed by atoms with Gasteiger partial charge in [-0.3, -0.25) is 0 Å². The van der Waals surface area contributed by atoms with E-state index in [9.17, 15) is 4.79 Å². The Labute approximate surface area is 148 Å². The molecule has 0 bridgehead atoms. The summed E-state index contributed by atoms with van der Waals surface area (Å²) in [6.45, 7) is 0.110. The molecule has 2 rings (SSSR count). The van der Waals surface area contributed by atoms with E-state index in [2.05, 4.69) is 15.9 Å². The maximum Gasteiger partial charge on any atom is 0.335 e. The molecule has 2 aromatic rings. The minimum absolute atomic E-state index is 0.110. The number of hydrogen-bond acceptors (Lipinski definition) is 4. The Morgan fingerprint density at radius 2 is 1.83 bits per heavy atom. The number of aromatic carboxylic acids is 1. The van der Waals surface area contributed by atoms with Gasteiger partial charge in [-0.2, -0.15) is 0 Å². The summed E-state index contributed by atoms with van der Waals surface area (Å²) < 4.78 is 16.5. The number of ether oxygens (including phenoxy) is 3. The molecule has 0 aliphatic rings. The molecule has 0 atom stereocenters. The number of methoxy groups -OCH3 is 2. The van der Waals surface area contributed by atoms with Crippen molar-refractivity contribution in [2.45, 2.75) is 0 Å². The molecule has 0 radical (unpaired) electrons. The van der Waals surface area contributed by atoms with E-state index >= 15 is 0 Å². The van der Waals surface area contributed by atoms with Crippen LogP contribution in [0.25, 0.3) is 12.2 Å². The quantitative estimate of drug-likeness (QED) is 0.561. The van der Waals surface area contributed by atoms with Gasteiger partial charge >= 0.3 is 5.97 Å². The number of carboxylic acids is 1. The van der Waals surface area contributed by atoms with E-state index in [0.29, 0.717) is 11.5 Å². The van der Waals surface area contributed by atoms with Crippen LogP contribution in [0, 0.1) is 0 Å². The van der Waals surface area contributed by atoms with Gasteiger partial charge < -0.3 is 19.3 Å². The van der Waals surface area contributed by atoms with Crippen LogP contribution >= 0.6 is 15.9 Å². The van der Waals surface area contributed by atoms with Crippen LogP contribution in [0.3, 0.4) is 0 Å². The van der Waals surface area contributed by atoms with Crippen LogP contribution in [0.2, 0.25) is 0 Å². The van der Waals surface area contributed by atoms with Crippen molar-refractivity contribution >= 4 is 34.1 Å². The van der Waals surface area contributed by atoms with Crippen LogP contribution in [0.4, 0.5) is 0 Å². The monoisotopic (exact) mass is 392 g/mol. The summed E-state index contributed by atoms with van der Waals surface area (Å²) in [5, 5.41) is 8.91. The Balaban J connectivity index is 2.26. The highest BCUT2D eigenvalue weighted by Gasteiger charge is 2.12. The molecule has 0 saturated heterocycles. The SMILES string of the molecule is COCOc1c(OC)ccc(C=Cc2ccc(C(=O)O)cc2)c1Br. The van der Waals surface area contributed by atoms with E-state index in [4.69, 9.17) is 19.3 Å². The van der Waals surface area contributed by atoms with Crippen molar-refractivity contribution in [1.29, 1.82) is 0 Å². The van der Waals surface area contributed by atoms with E-state index in [0.717, 1.165) is 15.6 Å². The van der Waals surface area contributed by atoms with Crippen LogP contribution in [0.15, 0.2) is 40.9 Å². The molecule has 24 heavy (non-hydrogen) atoms. The van der Waals surface area contributed by atoms with Gasteiger partial charge in [-0.1, -0.05) is 24.3 Å². The van der Waals surface area contributed by atoms with Crippen LogP contribution in [-0.2, 0) is 4.74 Å². The van der Waals surface area contributed by atoms with Crippen LogP contribution in [0.1, 0.15) is 21.5 Å². The number of carbonyl (C=O) groups is 1. The molecule has 0 spiro atoms. The Kier molecular flexibility index (Phi) is 6.40. The summed E-state index contributed by atoms with van der Waals surface area (Å²) in [7, 11) is 3.12. The van der Waals surface area contributed by atoms with Crippen LogP contribution in [-0.4, -0.2) is 32.1 Å². The lowest BCUT2D eigenvalue weighted by Crippen LogP contribution is -2.02. The molecule has 0 unspecified atom stereocenters. The molecule has 0 heterocycles. The zero-order chi connectivity index (χ0) is 17.5. The number of rotatable bonds is 7. The second-order valence-corrected chi connectivity index (χ2v) is 5.60. The minimum atomic E-state index is -0.941. The number of carboxylic acid groups (broad SMARTS) is 1. The maximum absolute atomic E-state index is 10.9. The van der Waals surface area contributed by atoms with Crippen molar-refractivity contribution in [3.63, 3.8) is 0 Å². The second kappa shape index (κ2) is 8.52. The van der Waals surface area contributed by atoms with Gasteiger partial charge in [-0.25, -0.2) is 4.79 Å². The predicted molar refractivity (Wildman–Crippen MR) is 95.5 cm³/mol. The Morgan fingerprint density at radius 1 is 1.12 bits per heavy atom. The van der Waals surface area contributed by atoms with E-state index < -0.39 is 5.97 Å². The molecule has 0 aliphatic heterocycles. The third kappa shape index (κ3) is 4.37. The Morgan fingerprint density at radius 3 is 2.42 bits per heavy atom. The molecule has 0 aliphatic carbocycles. The van der Waals surface area contributed by atoms with Crippen LogP contribution < -0.4 is 9.47 Å². The highest BCUT2D eigenvalue weighted by Crippen LogP contribution is 2.38. The standard InChI is InChI=1S/C18H17BrO5/c1-22-11-24-17-15(23-2)10-9-13(16(17)19)6-3-12-4-7-14(8-5-12)18(20)21/h3-10H,11H2,1-2H3,(H,20,21). The molecule has 6 heteroatoms. The average molecular weight is 393 g/mol. The van der Waals surface area contributed by atoms with Gasteiger partial charge in [-0.15, -0.1) is 0 Å². The van der Waals surface area contributed by atoms with Gasteiger partial charge in [0.05, 0.1) is 17.1 Å². The lowest BCUT2D eigenvalue weighted by atomic mass is 10.1. The topological polar surface area (TPSA) is 65.0 Å². The fraction of sp³-hybridized carbons (Fsp3) is 0.167. The number of halogens is 1. The maximum atomic E-state index is 10.9. The lowest BCUT2D eigenvalue weighted by Gasteiger charge is -2.13. The molecule has 5 nitrogen and oxygen atoms in total. The number of benzene rings is 2. The van der Waals surface area contributed by atoms with Crippen molar-refractivity contribution < 1.29 is 24.1 Å². The molecule has 0 amide bonds. The summed E-state index contributed by atoms with van der Waals surface area (Å²) in [5.74, 6) is 0.216.